The lowest BCUT2D eigenvalue weighted by atomic mass is 9.87. The van der Waals surface area contributed by atoms with Gasteiger partial charge < -0.3 is 10.4 Å². The zero-order valence-electron chi connectivity index (χ0n) is 12.0. The molecule has 0 bridgehead atoms. The van der Waals surface area contributed by atoms with Crippen LogP contribution < -0.4 is 5.32 Å². The summed E-state index contributed by atoms with van der Waals surface area (Å²) in [5.74, 6) is -0.0715. The maximum atomic E-state index is 12.2. The first-order valence-electron chi connectivity index (χ1n) is 7.19. The molecule has 0 heterocycles. The first kappa shape index (κ1) is 15.4. The van der Waals surface area contributed by atoms with Gasteiger partial charge in [-0.15, -0.1) is 0 Å². The molecule has 21 heavy (non-hydrogen) atoms. The Balaban J connectivity index is 2.01. The molecule has 1 aliphatic carbocycles. The summed E-state index contributed by atoms with van der Waals surface area (Å²) in [5, 5.41) is 23.3. The normalized spacial score (nSPS) is 21.8. The molecule has 1 saturated carbocycles. The van der Waals surface area contributed by atoms with E-state index in [4.69, 9.17) is 0 Å². The van der Waals surface area contributed by atoms with Crippen LogP contribution in [0.4, 0.5) is 5.69 Å². The number of nitrogens with zero attached hydrogens (tertiary/aromatic N) is 1. The minimum absolute atomic E-state index is 0.107. The van der Waals surface area contributed by atoms with Gasteiger partial charge in [0, 0.05) is 12.1 Å². The van der Waals surface area contributed by atoms with Crippen molar-refractivity contribution in [3.8, 4) is 0 Å². The predicted octanol–water partition coefficient (Wildman–Crippen LogP) is 2.18. The summed E-state index contributed by atoms with van der Waals surface area (Å²) in [6.45, 7) is 2.12. The van der Waals surface area contributed by atoms with E-state index in [9.17, 15) is 20.0 Å². The number of nitrogens with one attached hydrogen (secondary N) is 1. The van der Waals surface area contributed by atoms with Crippen LogP contribution in [0.25, 0.3) is 0 Å². The Morgan fingerprint density at radius 2 is 2.05 bits per heavy atom. The van der Waals surface area contributed by atoms with Gasteiger partial charge in [0.05, 0.1) is 11.0 Å². The molecule has 6 nitrogen and oxygen atoms in total. The molecule has 2 N–H and O–H groups in total. The van der Waals surface area contributed by atoms with Gasteiger partial charge in [-0.25, -0.2) is 0 Å². The summed E-state index contributed by atoms with van der Waals surface area (Å²) in [6.07, 6.45) is 3.03. The topological polar surface area (TPSA) is 92.5 Å². The van der Waals surface area contributed by atoms with Crippen LogP contribution in [0, 0.1) is 23.0 Å². The van der Waals surface area contributed by atoms with Crippen LogP contribution >= 0.6 is 0 Å². The van der Waals surface area contributed by atoms with Crippen LogP contribution in [-0.4, -0.2) is 28.6 Å². The average molecular weight is 292 g/mol. The molecule has 1 amide bonds. The molecule has 114 valence electrons. The second-order valence-corrected chi connectivity index (χ2v) is 5.61. The third-order valence-corrected chi connectivity index (χ3v) is 4.03. The van der Waals surface area contributed by atoms with Crippen molar-refractivity contribution in [3.05, 3.63) is 39.4 Å². The highest BCUT2D eigenvalue weighted by Gasteiger charge is 2.24. The number of rotatable bonds is 4. The Morgan fingerprint density at radius 1 is 1.38 bits per heavy atom. The van der Waals surface area contributed by atoms with Crippen molar-refractivity contribution >= 4 is 11.6 Å². The van der Waals surface area contributed by atoms with Crippen molar-refractivity contribution in [2.45, 2.75) is 38.7 Å². The van der Waals surface area contributed by atoms with Crippen molar-refractivity contribution in [1.82, 2.24) is 5.32 Å². The second-order valence-electron chi connectivity index (χ2n) is 5.61. The number of aliphatic hydroxyl groups is 1. The molecule has 2 rings (SSSR count). The number of benzene rings is 1. The van der Waals surface area contributed by atoms with Gasteiger partial charge in [-0.05, 0) is 44.6 Å². The average Bonchev–Trinajstić information content (AvgIpc) is 2.45. The zero-order chi connectivity index (χ0) is 15.4. The lowest BCUT2D eigenvalue weighted by Crippen LogP contribution is -2.32. The highest BCUT2D eigenvalue weighted by atomic mass is 16.6. The first-order valence-corrected chi connectivity index (χ1v) is 7.19. The first-order chi connectivity index (χ1) is 9.99. The number of nitro benzene ring substituents is 1. The molecule has 0 saturated heterocycles. The molecule has 1 fully saturated rings. The van der Waals surface area contributed by atoms with E-state index >= 15 is 0 Å². The van der Waals surface area contributed by atoms with E-state index in [0.717, 1.165) is 25.7 Å². The number of aryl methyl sites for hydroxylation is 1. The summed E-state index contributed by atoms with van der Waals surface area (Å²) in [5.41, 5.74) is 0.457. The van der Waals surface area contributed by atoms with E-state index in [1.54, 1.807) is 19.1 Å². The fourth-order valence-corrected chi connectivity index (χ4v) is 2.77. The summed E-state index contributed by atoms with van der Waals surface area (Å²) in [4.78, 5) is 22.7. The van der Waals surface area contributed by atoms with Gasteiger partial charge in [0.1, 0.15) is 5.56 Å². The Bertz CT molecular complexity index is 536. The van der Waals surface area contributed by atoms with E-state index in [1.165, 1.54) is 6.07 Å². The van der Waals surface area contributed by atoms with Crippen LogP contribution in [0.5, 0.6) is 0 Å². The van der Waals surface area contributed by atoms with E-state index in [-0.39, 0.29) is 17.4 Å². The van der Waals surface area contributed by atoms with Gasteiger partial charge in [0.15, 0.2) is 0 Å². The highest BCUT2D eigenvalue weighted by molar-refractivity contribution is 5.98. The number of carbonyl (C=O) groups is 1. The monoisotopic (exact) mass is 292 g/mol. The minimum Gasteiger partial charge on any atom is -0.393 e. The quantitative estimate of drug-likeness (QED) is 0.657. The Labute approximate surface area is 123 Å². The van der Waals surface area contributed by atoms with Crippen LogP contribution in [-0.2, 0) is 0 Å². The van der Waals surface area contributed by atoms with Gasteiger partial charge in [-0.1, -0.05) is 12.1 Å². The molecule has 0 unspecified atom stereocenters. The molecule has 0 aliphatic heterocycles. The molecular weight excluding hydrogens is 272 g/mol. The maximum Gasteiger partial charge on any atom is 0.285 e. The Hall–Kier alpha value is -1.95. The number of para-hydroxylation sites is 1. The molecule has 1 aromatic rings. The molecule has 1 aliphatic rings. The van der Waals surface area contributed by atoms with Crippen molar-refractivity contribution in [2.75, 3.05) is 6.54 Å². The lowest BCUT2D eigenvalue weighted by Gasteiger charge is -2.25. The van der Waals surface area contributed by atoms with Crippen molar-refractivity contribution in [3.63, 3.8) is 0 Å². The number of hydrogen-bond donors (Lipinski definition) is 2. The molecule has 1 aromatic carbocycles. The molecular formula is C15H20N2O4. The third kappa shape index (κ3) is 3.78. The van der Waals surface area contributed by atoms with Gasteiger partial charge in [-0.2, -0.15) is 0 Å². The highest BCUT2D eigenvalue weighted by Crippen LogP contribution is 2.25. The lowest BCUT2D eigenvalue weighted by molar-refractivity contribution is -0.385. The van der Waals surface area contributed by atoms with Crippen molar-refractivity contribution in [1.29, 1.82) is 0 Å². The number of aliphatic hydroxyl groups excluding tert-OH is 1. The summed E-state index contributed by atoms with van der Waals surface area (Å²) < 4.78 is 0. The van der Waals surface area contributed by atoms with Crippen LogP contribution in [0.15, 0.2) is 18.2 Å². The fraction of sp³-hybridized carbons (Fsp3) is 0.533. The van der Waals surface area contributed by atoms with Gasteiger partial charge in [-0.3, -0.25) is 14.9 Å². The Morgan fingerprint density at radius 3 is 2.67 bits per heavy atom. The van der Waals surface area contributed by atoms with Crippen LogP contribution in [0.3, 0.4) is 0 Å². The third-order valence-electron chi connectivity index (χ3n) is 4.03. The van der Waals surface area contributed by atoms with Crippen LogP contribution in [0.2, 0.25) is 0 Å². The molecule has 0 spiro atoms. The van der Waals surface area contributed by atoms with Crippen molar-refractivity contribution in [2.24, 2.45) is 5.92 Å². The molecule has 0 aromatic heterocycles. The number of amides is 1. The summed E-state index contributed by atoms with van der Waals surface area (Å²) in [6, 6.07) is 4.75. The summed E-state index contributed by atoms with van der Waals surface area (Å²) >= 11 is 0. The van der Waals surface area contributed by atoms with Crippen LogP contribution in [0.1, 0.15) is 41.6 Å². The van der Waals surface area contributed by atoms with Gasteiger partial charge in [0.2, 0.25) is 0 Å². The minimum atomic E-state index is -0.513. The predicted molar refractivity (Wildman–Crippen MR) is 78.1 cm³/mol. The molecule has 0 atom stereocenters. The summed E-state index contributed by atoms with van der Waals surface area (Å²) in [7, 11) is 0. The molecule has 0 radical (unpaired) electrons. The van der Waals surface area contributed by atoms with Gasteiger partial charge in [0.25, 0.3) is 11.6 Å². The van der Waals surface area contributed by atoms with Gasteiger partial charge >= 0.3 is 0 Å². The number of carbonyl (C=O) groups excluding carboxylic acids is 1. The SMILES string of the molecule is Cc1cccc(C(=O)NCC2CCC(O)CC2)c1[N+](=O)[O-]. The van der Waals surface area contributed by atoms with Crippen molar-refractivity contribution < 1.29 is 14.8 Å². The van der Waals surface area contributed by atoms with E-state index in [0.29, 0.717) is 18.0 Å². The standard InChI is InChI=1S/C15H20N2O4/c1-10-3-2-4-13(14(10)17(20)21)15(19)16-9-11-5-7-12(18)8-6-11/h2-4,11-12,18H,5-9H2,1H3,(H,16,19). The van der Waals surface area contributed by atoms with E-state index < -0.39 is 10.8 Å². The fourth-order valence-electron chi connectivity index (χ4n) is 2.77. The number of nitro groups is 1. The smallest absolute Gasteiger partial charge is 0.285 e. The van der Waals surface area contributed by atoms with E-state index in [1.807, 2.05) is 0 Å². The van der Waals surface area contributed by atoms with E-state index in [2.05, 4.69) is 5.32 Å². The number of hydrogen-bond acceptors (Lipinski definition) is 4. The maximum absolute atomic E-state index is 12.2. The Kier molecular flexibility index (Phi) is 4.90. The second kappa shape index (κ2) is 6.67. The zero-order valence-corrected chi connectivity index (χ0v) is 12.0. The largest absolute Gasteiger partial charge is 0.393 e. The molecule has 6 heteroatoms.